The van der Waals surface area contributed by atoms with E-state index >= 15 is 0 Å². The van der Waals surface area contributed by atoms with E-state index in [1.807, 2.05) is 19.1 Å². The molecule has 2 aromatic rings. The summed E-state index contributed by atoms with van der Waals surface area (Å²) in [5.41, 5.74) is 3.84. The molecule has 0 bridgehead atoms. The Balaban J connectivity index is 1.58. The monoisotopic (exact) mass is 528 g/mol. The van der Waals surface area contributed by atoms with Crippen LogP contribution in [0, 0.1) is 0 Å². The van der Waals surface area contributed by atoms with Gasteiger partial charge in [-0.15, -0.1) is 6.58 Å². The number of ketones is 2. The van der Waals surface area contributed by atoms with E-state index in [1.54, 1.807) is 30.3 Å². The van der Waals surface area contributed by atoms with Gasteiger partial charge >= 0.3 is 5.97 Å². The van der Waals surface area contributed by atoms with Gasteiger partial charge in [-0.3, -0.25) is 9.59 Å². The molecule has 0 amide bonds. The number of carboxylic acid groups (broad SMARTS) is 1. The van der Waals surface area contributed by atoms with Crippen molar-refractivity contribution in [1.29, 1.82) is 0 Å². The predicted molar refractivity (Wildman–Crippen MR) is 145 cm³/mol. The van der Waals surface area contributed by atoms with E-state index in [-0.39, 0.29) is 23.7 Å². The SMILES string of the molecule is C=CCc1cc(C2C3=C(CCCC3=O)OC3=C2C(=O)CCC3)cc(OCC)c1OCc1ccc(C(=O)O)cc1. The first kappa shape index (κ1) is 26.5. The summed E-state index contributed by atoms with van der Waals surface area (Å²) in [4.78, 5) is 37.6. The van der Waals surface area contributed by atoms with Crippen molar-refractivity contribution in [2.75, 3.05) is 6.61 Å². The van der Waals surface area contributed by atoms with E-state index in [9.17, 15) is 19.5 Å². The van der Waals surface area contributed by atoms with Crippen molar-refractivity contribution < 1.29 is 33.7 Å². The van der Waals surface area contributed by atoms with Crippen LogP contribution in [0.1, 0.15) is 78.4 Å². The Labute approximate surface area is 227 Å². The second-order valence-corrected chi connectivity index (χ2v) is 9.99. The van der Waals surface area contributed by atoms with Gasteiger partial charge in [0.05, 0.1) is 12.2 Å². The molecule has 7 nitrogen and oxygen atoms in total. The molecule has 1 heterocycles. The summed E-state index contributed by atoms with van der Waals surface area (Å²) in [6.45, 7) is 6.41. The van der Waals surface area contributed by atoms with Gasteiger partial charge in [-0.2, -0.15) is 0 Å². The number of hydrogen-bond acceptors (Lipinski definition) is 6. The molecular weight excluding hydrogens is 496 g/mol. The second kappa shape index (κ2) is 11.3. The maximum atomic E-state index is 13.2. The molecule has 0 atom stereocenters. The molecule has 7 heteroatoms. The van der Waals surface area contributed by atoms with Gasteiger partial charge in [-0.25, -0.2) is 4.79 Å². The van der Waals surface area contributed by atoms with E-state index in [0.717, 1.165) is 29.5 Å². The van der Waals surface area contributed by atoms with Crippen LogP contribution in [0.2, 0.25) is 0 Å². The fourth-order valence-corrected chi connectivity index (χ4v) is 5.63. The zero-order valence-electron chi connectivity index (χ0n) is 22.1. The zero-order chi connectivity index (χ0) is 27.5. The third-order valence-corrected chi connectivity index (χ3v) is 7.38. The first-order valence-electron chi connectivity index (χ1n) is 13.5. The number of benzene rings is 2. The van der Waals surface area contributed by atoms with E-state index < -0.39 is 11.9 Å². The first-order valence-corrected chi connectivity index (χ1v) is 13.5. The molecule has 1 N–H and O–H groups in total. The molecule has 2 aliphatic carbocycles. The van der Waals surface area contributed by atoms with Gasteiger partial charge in [0.1, 0.15) is 18.1 Å². The smallest absolute Gasteiger partial charge is 0.335 e. The molecule has 0 unspecified atom stereocenters. The van der Waals surface area contributed by atoms with Crippen LogP contribution in [0.15, 0.2) is 71.7 Å². The number of rotatable bonds is 9. The summed E-state index contributed by atoms with van der Waals surface area (Å²) in [5.74, 6) is 1.04. The van der Waals surface area contributed by atoms with Crippen LogP contribution in [0.5, 0.6) is 11.5 Å². The quantitative estimate of drug-likeness (QED) is 0.386. The van der Waals surface area contributed by atoms with E-state index in [4.69, 9.17) is 14.2 Å². The Morgan fingerprint density at radius 1 is 1.00 bits per heavy atom. The topological polar surface area (TPSA) is 99.1 Å². The highest BCUT2D eigenvalue weighted by Crippen LogP contribution is 2.49. The Morgan fingerprint density at radius 3 is 2.21 bits per heavy atom. The van der Waals surface area contributed by atoms with Gasteiger partial charge in [0.15, 0.2) is 23.1 Å². The van der Waals surface area contributed by atoms with Crippen molar-refractivity contribution in [3.63, 3.8) is 0 Å². The van der Waals surface area contributed by atoms with E-state index in [1.165, 1.54) is 0 Å². The number of ether oxygens (including phenoxy) is 3. The molecule has 2 aromatic carbocycles. The molecular formula is C32H32O7. The molecule has 1 aliphatic heterocycles. The highest BCUT2D eigenvalue weighted by Gasteiger charge is 2.42. The molecule has 5 rings (SSSR count). The minimum absolute atomic E-state index is 0.0274. The summed E-state index contributed by atoms with van der Waals surface area (Å²) >= 11 is 0. The fourth-order valence-electron chi connectivity index (χ4n) is 5.63. The van der Waals surface area contributed by atoms with Crippen LogP contribution in [0.4, 0.5) is 0 Å². The minimum atomic E-state index is -0.984. The van der Waals surface area contributed by atoms with E-state index in [2.05, 4.69) is 6.58 Å². The number of carboxylic acids is 1. The lowest BCUT2D eigenvalue weighted by atomic mass is 9.73. The molecule has 0 aromatic heterocycles. The number of carbonyl (C=O) groups is 3. The molecule has 0 fully saturated rings. The Kier molecular flexibility index (Phi) is 7.68. The van der Waals surface area contributed by atoms with Crippen molar-refractivity contribution in [3.05, 3.63) is 94.0 Å². The summed E-state index contributed by atoms with van der Waals surface area (Å²) in [6, 6.07) is 10.4. The average Bonchev–Trinajstić information content (AvgIpc) is 2.92. The minimum Gasteiger partial charge on any atom is -0.490 e. The normalized spacial score (nSPS) is 17.4. The van der Waals surface area contributed by atoms with Crippen molar-refractivity contribution in [2.24, 2.45) is 0 Å². The Morgan fingerprint density at radius 2 is 1.64 bits per heavy atom. The van der Waals surface area contributed by atoms with Gasteiger partial charge in [0.2, 0.25) is 0 Å². The predicted octanol–water partition coefficient (Wildman–Crippen LogP) is 6.22. The summed E-state index contributed by atoms with van der Waals surface area (Å²) in [5, 5.41) is 9.17. The second-order valence-electron chi connectivity index (χ2n) is 9.99. The third-order valence-electron chi connectivity index (χ3n) is 7.38. The third kappa shape index (κ3) is 5.26. The Hall–Kier alpha value is -4.13. The molecule has 0 saturated heterocycles. The van der Waals surface area contributed by atoms with Gasteiger partial charge in [-0.1, -0.05) is 24.3 Å². The van der Waals surface area contributed by atoms with E-state index in [0.29, 0.717) is 72.9 Å². The molecule has 202 valence electrons. The van der Waals surface area contributed by atoms with Crippen molar-refractivity contribution in [2.45, 2.75) is 64.4 Å². The lowest BCUT2D eigenvalue weighted by Crippen LogP contribution is -2.30. The number of hydrogen-bond donors (Lipinski definition) is 1. The van der Waals surface area contributed by atoms with Crippen LogP contribution in [-0.4, -0.2) is 29.2 Å². The molecule has 0 spiro atoms. The number of carbonyl (C=O) groups excluding carboxylic acids is 2. The van der Waals surface area contributed by atoms with Crippen molar-refractivity contribution >= 4 is 17.5 Å². The van der Waals surface area contributed by atoms with Crippen LogP contribution >= 0.6 is 0 Å². The highest BCUT2D eigenvalue weighted by molar-refractivity contribution is 6.05. The highest BCUT2D eigenvalue weighted by atomic mass is 16.5. The van der Waals surface area contributed by atoms with Crippen molar-refractivity contribution in [1.82, 2.24) is 0 Å². The zero-order valence-corrected chi connectivity index (χ0v) is 22.1. The summed E-state index contributed by atoms with van der Waals surface area (Å²) in [6.07, 6.45) is 6.00. The first-order chi connectivity index (χ1) is 18.9. The summed E-state index contributed by atoms with van der Waals surface area (Å²) < 4.78 is 18.5. The molecule has 0 saturated carbocycles. The van der Waals surface area contributed by atoms with Crippen LogP contribution in [0.3, 0.4) is 0 Å². The standard InChI is InChI=1S/C32H32O7/c1-3-7-21-16-22(17-27(37-4-2)31(21)38-18-19-12-14-20(15-13-19)32(35)36)28-29-23(33)8-5-10-25(29)39-26-11-6-9-24(34)30(26)28/h3,12-17,28H,1,4-11,18H2,2H3,(H,35,36). The maximum absolute atomic E-state index is 13.2. The van der Waals surface area contributed by atoms with Crippen LogP contribution in [0.25, 0.3) is 0 Å². The van der Waals surface area contributed by atoms with Crippen LogP contribution in [-0.2, 0) is 27.4 Å². The molecule has 3 aliphatic rings. The molecule has 0 radical (unpaired) electrons. The molecule has 39 heavy (non-hydrogen) atoms. The van der Waals surface area contributed by atoms with Gasteiger partial charge in [-0.05, 0) is 55.5 Å². The number of Topliss-reactive ketones (excluding diaryl/α,β-unsaturated/α-hetero) is 2. The summed E-state index contributed by atoms with van der Waals surface area (Å²) in [7, 11) is 0. The van der Waals surface area contributed by atoms with Gasteiger partial charge in [0.25, 0.3) is 0 Å². The van der Waals surface area contributed by atoms with Gasteiger partial charge in [0, 0.05) is 48.3 Å². The Bertz CT molecular complexity index is 1350. The largest absolute Gasteiger partial charge is 0.490 e. The van der Waals surface area contributed by atoms with Crippen molar-refractivity contribution in [3.8, 4) is 11.5 Å². The lowest BCUT2D eigenvalue weighted by molar-refractivity contribution is -0.117. The number of aromatic carboxylic acids is 1. The lowest BCUT2D eigenvalue weighted by Gasteiger charge is -2.36. The fraction of sp³-hybridized carbons (Fsp3) is 0.344. The average molecular weight is 529 g/mol. The van der Waals surface area contributed by atoms with Gasteiger partial charge < -0.3 is 19.3 Å². The maximum Gasteiger partial charge on any atom is 0.335 e. The van der Waals surface area contributed by atoms with Crippen LogP contribution < -0.4 is 9.47 Å². The number of allylic oxidation sites excluding steroid dienone is 5.